The van der Waals surface area contributed by atoms with Crippen LogP contribution in [0.25, 0.3) is 0 Å². The molecule has 1 aromatic rings. The lowest BCUT2D eigenvalue weighted by Crippen LogP contribution is -2.36. The van der Waals surface area contributed by atoms with Gasteiger partial charge < -0.3 is 4.74 Å². The molecule has 0 aliphatic rings. The van der Waals surface area contributed by atoms with Gasteiger partial charge in [-0.05, 0) is 37.1 Å². The molecule has 0 bridgehead atoms. The second kappa shape index (κ2) is 5.69. The van der Waals surface area contributed by atoms with E-state index in [1.165, 1.54) is 13.2 Å². The molecule has 6 heteroatoms. The lowest BCUT2D eigenvalue weighted by molar-refractivity contribution is -0.137. The maximum Gasteiger partial charge on any atom is 0.416 e. The van der Waals surface area contributed by atoms with Gasteiger partial charge in [0.1, 0.15) is 0 Å². The highest BCUT2D eigenvalue weighted by Gasteiger charge is 2.31. The molecule has 102 valence electrons. The summed E-state index contributed by atoms with van der Waals surface area (Å²) in [6, 6.07) is 3.24. The number of alkyl halides is 3. The molecule has 0 heterocycles. The summed E-state index contributed by atoms with van der Waals surface area (Å²) >= 11 is 0. The average Bonchev–Trinajstić information content (AvgIpc) is 2.30. The number of aryl methyl sites for hydroxylation is 1. The Kier molecular flexibility index (Phi) is 4.72. The Morgan fingerprint density at radius 2 is 1.94 bits per heavy atom. The van der Waals surface area contributed by atoms with Crippen molar-refractivity contribution in [1.29, 1.82) is 0 Å². The monoisotopic (exact) mass is 262 g/mol. The second-order valence-corrected chi connectivity index (χ2v) is 4.15. The van der Waals surface area contributed by atoms with Crippen LogP contribution in [0.5, 0.6) is 0 Å². The number of rotatable bonds is 4. The van der Waals surface area contributed by atoms with E-state index in [4.69, 9.17) is 10.6 Å². The third kappa shape index (κ3) is 3.22. The molecule has 0 radical (unpaired) electrons. The largest absolute Gasteiger partial charge is 0.416 e. The summed E-state index contributed by atoms with van der Waals surface area (Å²) in [5, 5.41) is 0. The van der Waals surface area contributed by atoms with Gasteiger partial charge in [0.15, 0.2) is 0 Å². The van der Waals surface area contributed by atoms with Gasteiger partial charge in [0.05, 0.1) is 17.7 Å². The number of hydrogen-bond acceptors (Lipinski definition) is 3. The minimum Gasteiger partial charge on any atom is -0.380 e. The van der Waals surface area contributed by atoms with Crippen LogP contribution in [0.3, 0.4) is 0 Å². The summed E-state index contributed by atoms with van der Waals surface area (Å²) in [6.07, 6.45) is -4.58. The van der Waals surface area contributed by atoms with Crippen LogP contribution in [0, 0.1) is 6.92 Å². The van der Waals surface area contributed by atoms with Crippen LogP contribution in [0.15, 0.2) is 18.2 Å². The Labute approximate surface area is 104 Å². The van der Waals surface area contributed by atoms with Crippen LogP contribution >= 0.6 is 0 Å². The van der Waals surface area contributed by atoms with Crippen molar-refractivity contribution in [2.75, 3.05) is 7.11 Å². The van der Waals surface area contributed by atoms with Gasteiger partial charge in [0.25, 0.3) is 0 Å². The van der Waals surface area contributed by atoms with Crippen molar-refractivity contribution < 1.29 is 17.9 Å². The molecule has 0 aliphatic carbocycles. The van der Waals surface area contributed by atoms with Gasteiger partial charge in [-0.2, -0.15) is 13.2 Å². The van der Waals surface area contributed by atoms with Crippen LogP contribution in [-0.2, 0) is 10.9 Å². The molecule has 18 heavy (non-hydrogen) atoms. The number of methoxy groups -OCH3 is 1. The van der Waals surface area contributed by atoms with Gasteiger partial charge >= 0.3 is 6.18 Å². The highest BCUT2D eigenvalue weighted by Crippen LogP contribution is 2.32. The van der Waals surface area contributed by atoms with Crippen molar-refractivity contribution in [2.24, 2.45) is 5.84 Å². The molecule has 0 aromatic heterocycles. The maximum absolute atomic E-state index is 12.5. The fraction of sp³-hybridized carbons (Fsp3) is 0.500. The average molecular weight is 262 g/mol. The number of nitrogens with one attached hydrogen (secondary N) is 1. The van der Waals surface area contributed by atoms with E-state index >= 15 is 0 Å². The summed E-state index contributed by atoms with van der Waals surface area (Å²) in [4.78, 5) is 0. The number of hydrogen-bond donors (Lipinski definition) is 2. The van der Waals surface area contributed by atoms with Gasteiger partial charge in [0, 0.05) is 7.11 Å². The Morgan fingerprint density at radius 3 is 2.33 bits per heavy atom. The van der Waals surface area contributed by atoms with Crippen LogP contribution in [-0.4, -0.2) is 13.2 Å². The highest BCUT2D eigenvalue weighted by molar-refractivity contribution is 5.35. The fourth-order valence-corrected chi connectivity index (χ4v) is 1.82. The topological polar surface area (TPSA) is 47.3 Å². The molecule has 0 amide bonds. The molecular weight excluding hydrogens is 245 g/mol. The van der Waals surface area contributed by atoms with E-state index in [9.17, 15) is 13.2 Å². The molecular formula is C12H17F3N2O. The quantitative estimate of drug-likeness (QED) is 0.647. The van der Waals surface area contributed by atoms with Crippen molar-refractivity contribution in [1.82, 2.24) is 5.43 Å². The van der Waals surface area contributed by atoms with Crippen molar-refractivity contribution in [2.45, 2.75) is 32.2 Å². The molecule has 0 spiro atoms. The first kappa shape index (κ1) is 14.9. The highest BCUT2D eigenvalue weighted by atomic mass is 19.4. The molecule has 2 atom stereocenters. The summed E-state index contributed by atoms with van der Waals surface area (Å²) in [6.45, 7) is 3.42. The van der Waals surface area contributed by atoms with Crippen LogP contribution in [0.1, 0.15) is 29.7 Å². The molecule has 3 N–H and O–H groups in total. The smallest absolute Gasteiger partial charge is 0.380 e. The van der Waals surface area contributed by atoms with Crippen molar-refractivity contribution in [3.05, 3.63) is 34.9 Å². The first-order chi connectivity index (χ1) is 8.31. The Morgan fingerprint density at radius 1 is 1.33 bits per heavy atom. The third-order valence-corrected chi connectivity index (χ3v) is 2.95. The van der Waals surface area contributed by atoms with E-state index < -0.39 is 11.7 Å². The molecule has 0 saturated carbocycles. The first-order valence-electron chi connectivity index (χ1n) is 5.48. The zero-order valence-electron chi connectivity index (χ0n) is 10.5. The van der Waals surface area contributed by atoms with Gasteiger partial charge in [0.2, 0.25) is 0 Å². The molecule has 3 nitrogen and oxygen atoms in total. The van der Waals surface area contributed by atoms with E-state index in [2.05, 4.69) is 5.43 Å². The summed E-state index contributed by atoms with van der Waals surface area (Å²) in [7, 11) is 1.52. The number of ether oxygens (including phenoxy) is 1. The van der Waals surface area contributed by atoms with Crippen LogP contribution in [0.4, 0.5) is 13.2 Å². The fourth-order valence-electron chi connectivity index (χ4n) is 1.82. The third-order valence-electron chi connectivity index (χ3n) is 2.95. The summed E-state index contributed by atoms with van der Waals surface area (Å²) < 4.78 is 42.8. The minimum absolute atomic E-state index is 0.245. The maximum atomic E-state index is 12.5. The molecule has 0 fully saturated rings. The van der Waals surface area contributed by atoms with Crippen molar-refractivity contribution in [3.8, 4) is 0 Å². The molecule has 1 rings (SSSR count). The number of hydrazine groups is 1. The predicted octanol–water partition coefficient (Wildman–Crippen LogP) is 2.55. The van der Waals surface area contributed by atoms with E-state index in [0.29, 0.717) is 11.1 Å². The van der Waals surface area contributed by atoms with E-state index in [1.54, 1.807) is 13.8 Å². The number of nitrogens with two attached hydrogens (primary N) is 1. The lowest BCUT2D eigenvalue weighted by Gasteiger charge is -2.24. The normalized spacial score (nSPS) is 15.5. The number of benzene rings is 1. The Hall–Kier alpha value is -1.11. The first-order valence-corrected chi connectivity index (χ1v) is 5.48. The predicted molar refractivity (Wildman–Crippen MR) is 62.7 cm³/mol. The Balaban J connectivity index is 3.12. The zero-order chi connectivity index (χ0) is 13.9. The van der Waals surface area contributed by atoms with Crippen LogP contribution in [0.2, 0.25) is 0 Å². The van der Waals surface area contributed by atoms with Gasteiger partial charge in [-0.1, -0.05) is 6.07 Å². The molecule has 2 unspecified atom stereocenters. The standard InChI is InChI=1S/C12H17F3N2O/c1-7-6-9(12(13,14)15)4-5-10(7)11(17-16)8(2)18-3/h4-6,8,11,17H,16H2,1-3H3. The molecule has 0 saturated heterocycles. The van der Waals surface area contributed by atoms with Crippen molar-refractivity contribution in [3.63, 3.8) is 0 Å². The summed E-state index contributed by atoms with van der Waals surface area (Å²) in [5.41, 5.74) is 3.12. The molecule has 1 aromatic carbocycles. The Bertz CT molecular complexity index is 407. The van der Waals surface area contributed by atoms with Gasteiger partial charge in [-0.25, -0.2) is 0 Å². The lowest BCUT2D eigenvalue weighted by atomic mass is 9.96. The van der Waals surface area contributed by atoms with Gasteiger partial charge in [-0.15, -0.1) is 0 Å². The van der Waals surface area contributed by atoms with Gasteiger partial charge in [-0.3, -0.25) is 11.3 Å². The van der Waals surface area contributed by atoms with Crippen molar-refractivity contribution >= 4 is 0 Å². The minimum atomic E-state index is -4.33. The second-order valence-electron chi connectivity index (χ2n) is 4.15. The van der Waals surface area contributed by atoms with E-state index in [1.807, 2.05) is 0 Å². The SMILES string of the molecule is COC(C)C(NN)c1ccc(C(F)(F)F)cc1C. The van der Waals surface area contributed by atoms with Crippen LogP contribution < -0.4 is 11.3 Å². The summed E-state index contributed by atoms with van der Waals surface area (Å²) in [5.74, 6) is 5.42. The zero-order valence-corrected chi connectivity index (χ0v) is 10.5. The number of halogens is 3. The van der Waals surface area contributed by atoms with E-state index in [0.717, 1.165) is 12.1 Å². The molecule has 0 aliphatic heterocycles. The van der Waals surface area contributed by atoms with E-state index in [-0.39, 0.29) is 12.1 Å².